The first-order valence-electron chi connectivity index (χ1n) is 11.8. The lowest BCUT2D eigenvalue weighted by Crippen LogP contribution is -2.32. The van der Waals surface area contributed by atoms with Gasteiger partial charge in [-0.25, -0.2) is 4.98 Å². The largest absolute Gasteiger partial charge is 0.496 e. The van der Waals surface area contributed by atoms with E-state index in [9.17, 15) is 13.6 Å². The molecule has 1 saturated carbocycles. The van der Waals surface area contributed by atoms with Gasteiger partial charge in [0, 0.05) is 30.3 Å². The average Bonchev–Trinajstić information content (AvgIpc) is 3.53. The third-order valence-corrected chi connectivity index (χ3v) is 6.38. The number of pyridine rings is 1. The van der Waals surface area contributed by atoms with Gasteiger partial charge >= 0.3 is 6.61 Å². The van der Waals surface area contributed by atoms with Crippen LogP contribution in [0.4, 0.5) is 8.78 Å². The standard InChI is InChI=1S/C26H31F2N3O4/c1-5-18(30(2)3)15-34-19-8-9-31-20(14-29-24(31)13-19)17-11-22(33-4)25(21(32)10-16-6-7-16)23(12-17)35-26(27)28/h8-9,11-14,16,18,26H,5-7,10,15H2,1-4H3. The smallest absolute Gasteiger partial charge is 0.387 e. The molecule has 2 aromatic heterocycles. The second-order valence-corrected chi connectivity index (χ2v) is 9.07. The first kappa shape index (κ1) is 24.9. The molecule has 0 amide bonds. The molecule has 4 rings (SSSR count). The number of likely N-dealkylation sites (N-methyl/N-ethyl adjacent to an activating group) is 1. The van der Waals surface area contributed by atoms with Gasteiger partial charge in [-0.15, -0.1) is 0 Å². The van der Waals surface area contributed by atoms with Crippen LogP contribution in [0.1, 0.15) is 43.0 Å². The van der Waals surface area contributed by atoms with E-state index < -0.39 is 6.61 Å². The quantitative estimate of drug-likeness (QED) is 0.323. The molecular formula is C26H31F2N3O4. The van der Waals surface area contributed by atoms with Crippen LogP contribution in [0.15, 0.2) is 36.7 Å². The first-order valence-corrected chi connectivity index (χ1v) is 11.8. The van der Waals surface area contributed by atoms with E-state index in [4.69, 9.17) is 14.2 Å². The zero-order valence-electron chi connectivity index (χ0n) is 20.5. The summed E-state index contributed by atoms with van der Waals surface area (Å²) in [7, 11) is 5.45. The minimum atomic E-state index is -3.07. The first-order chi connectivity index (χ1) is 16.8. The minimum absolute atomic E-state index is 0.0549. The summed E-state index contributed by atoms with van der Waals surface area (Å²) in [6, 6.07) is 7.07. The monoisotopic (exact) mass is 487 g/mol. The van der Waals surface area contributed by atoms with Crippen LogP contribution in [0.5, 0.6) is 17.2 Å². The highest BCUT2D eigenvalue weighted by Crippen LogP contribution is 2.40. The number of carbonyl (C=O) groups excluding carboxylic acids is 1. The van der Waals surface area contributed by atoms with Crippen molar-refractivity contribution in [2.45, 2.75) is 45.3 Å². The van der Waals surface area contributed by atoms with Crippen molar-refractivity contribution in [2.75, 3.05) is 27.8 Å². The Morgan fingerprint density at radius 1 is 1.23 bits per heavy atom. The van der Waals surface area contributed by atoms with Gasteiger partial charge < -0.3 is 19.1 Å². The maximum absolute atomic E-state index is 13.2. The Morgan fingerprint density at radius 2 is 1.97 bits per heavy atom. The van der Waals surface area contributed by atoms with Gasteiger partial charge in [0.15, 0.2) is 5.78 Å². The van der Waals surface area contributed by atoms with E-state index in [1.54, 1.807) is 12.3 Å². The van der Waals surface area contributed by atoms with Crippen LogP contribution in [-0.2, 0) is 0 Å². The zero-order valence-corrected chi connectivity index (χ0v) is 20.5. The summed E-state index contributed by atoms with van der Waals surface area (Å²) in [5.74, 6) is 0.744. The molecule has 1 aromatic carbocycles. The summed E-state index contributed by atoms with van der Waals surface area (Å²) in [4.78, 5) is 19.4. The molecule has 1 fully saturated rings. The Balaban J connectivity index is 1.67. The van der Waals surface area contributed by atoms with Crippen molar-refractivity contribution >= 4 is 11.4 Å². The van der Waals surface area contributed by atoms with Crippen LogP contribution in [0.3, 0.4) is 0 Å². The fourth-order valence-corrected chi connectivity index (χ4v) is 4.14. The van der Waals surface area contributed by atoms with Gasteiger partial charge in [0.1, 0.15) is 35.1 Å². The molecule has 1 unspecified atom stereocenters. The van der Waals surface area contributed by atoms with Crippen molar-refractivity contribution in [3.8, 4) is 28.5 Å². The molecule has 2 heterocycles. The van der Waals surface area contributed by atoms with Crippen molar-refractivity contribution in [1.29, 1.82) is 0 Å². The third-order valence-electron chi connectivity index (χ3n) is 6.38. The van der Waals surface area contributed by atoms with Gasteiger partial charge in [-0.1, -0.05) is 6.92 Å². The summed E-state index contributed by atoms with van der Waals surface area (Å²) in [6.07, 6.45) is 6.65. The molecule has 7 nitrogen and oxygen atoms in total. The second kappa shape index (κ2) is 10.6. The number of ether oxygens (including phenoxy) is 3. The van der Waals surface area contributed by atoms with E-state index >= 15 is 0 Å². The number of rotatable bonds is 12. The number of Topliss-reactive ketones (excluding diaryl/α,β-unsaturated/α-hetero) is 1. The van der Waals surface area contributed by atoms with E-state index in [-0.39, 0.29) is 22.8 Å². The average molecular weight is 488 g/mol. The van der Waals surface area contributed by atoms with Crippen LogP contribution in [0.25, 0.3) is 16.9 Å². The van der Waals surface area contributed by atoms with Crippen LogP contribution in [0, 0.1) is 5.92 Å². The van der Waals surface area contributed by atoms with Crippen molar-refractivity contribution in [1.82, 2.24) is 14.3 Å². The minimum Gasteiger partial charge on any atom is -0.496 e. The molecule has 0 spiro atoms. The van der Waals surface area contributed by atoms with Gasteiger partial charge in [0.25, 0.3) is 0 Å². The predicted molar refractivity (Wildman–Crippen MR) is 129 cm³/mol. The summed E-state index contributed by atoms with van der Waals surface area (Å²) >= 11 is 0. The lowest BCUT2D eigenvalue weighted by molar-refractivity contribution is -0.0502. The number of carbonyl (C=O) groups is 1. The second-order valence-electron chi connectivity index (χ2n) is 9.07. The molecule has 0 bridgehead atoms. The molecule has 188 valence electrons. The highest BCUT2D eigenvalue weighted by atomic mass is 19.3. The molecule has 1 atom stereocenters. The number of methoxy groups -OCH3 is 1. The van der Waals surface area contributed by atoms with E-state index in [1.165, 1.54) is 13.2 Å². The number of imidazole rings is 1. The van der Waals surface area contributed by atoms with Gasteiger partial charge in [0.05, 0.1) is 19.0 Å². The summed E-state index contributed by atoms with van der Waals surface area (Å²) in [5.41, 5.74) is 1.88. The van der Waals surface area contributed by atoms with Crippen molar-refractivity contribution < 1.29 is 27.8 Å². The maximum Gasteiger partial charge on any atom is 0.387 e. The number of hydrogen-bond acceptors (Lipinski definition) is 6. The lowest BCUT2D eigenvalue weighted by atomic mass is 10.00. The zero-order chi connectivity index (χ0) is 25.1. The number of halogens is 2. The molecule has 35 heavy (non-hydrogen) atoms. The van der Waals surface area contributed by atoms with Crippen molar-refractivity contribution in [3.63, 3.8) is 0 Å². The highest BCUT2D eigenvalue weighted by Gasteiger charge is 2.29. The Hall–Kier alpha value is -3.20. The third kappa shape index (κ3) is 5.73. The number of fused-ring (bicyclic) bond motifs is 1. The van der Waals surface area contributed by atoms with Crippen LogP contribution < -0.4 is 14.2 Å². The Morgan fingerprint density at radius 3 is 2.60 bits per heavy atom. The Labute approximate surface area is 203 Å². The van der Waals surface area contributed by atoms with Gasteiger partial charge in [-0.2, -0.15) is 8.78 Å². The van der Waals surface area contributed by atoms with Crippen molar-refractivity contribution in [2.24, 2.45) is 5.92 Å². The summed E-state index contributed by atoms with van der Waals surface area (Å²) in [6.45, 7) is -0.406. The number of alkyl halides is 2. The van der Waals surface area contributed by atoms with E-state index in [0.29, 0.717) is 47.6 Å². The lowest BCUT2D eigenvalue weighted by Gasteiger charge is -2.22. The molecule has 0 saturated heterocycles. The van der Waals surface area contributed by atoms with Crippen LogP contribution in [0.2, 0.25) is 0 Å². The number of hydrogen-bond donors (Lipinski definition) is 0. The molecule has 9 heteroatoms. The molecule has 1 aliphatic rings. The molecule has 0 N–H and O–H groups in total. The fraction of sp³-hybridized carbons (Fsp3) is 0.462. The van der Waals surface area contributed by atoms with E-state index in [1.807, 2.05) is 36.8 Å². The summed E-state index contributed by atoms with van der Waals surface area (Å²) < 4.78 is 44.5. The SMILES string of the molecule is CCC(COc1ccn2c(-c3cc(OC)c(C(=O)CC4CC4)c(OC(F)F)c3)cnc2c1)N(C)C. The van der Waals surface area contributed by atoms with E-state index in [0.717, 1.165) is 19.3 Å². The van der Waals surface area contributed by atoms with Gasteiger partial charge in [0.2, 0.25) is 0 Å². The van der Waals surface area contributed by atoms with Crippen molar-refractivity contribution in [3.05, 3.63) is 42.2 Å². The molecule has 0 aliphatic heterocycles. The molecule has 0 radical (unpaired) electrons. The van der Waals surface area contributed by atoms with Crippen LogP contribution >= 0.6 is 0 Å². The number of ketones is 1. The summed E-state index contributed by atoms with van der Waals surface area (Å²) in [5, 5.41) is 0. The molecule has 3 aromatic rings. The Kier molecular flexibility index (Phi) is 7.54. The topological polar surface area (TPSA) is 65.3 Å². The number of nitrogens with zero attached hydrogens (tertiary/aromatic N) is 3. The number of aromatic nitrogens is 2. The molecule has 1 aliphatic carbocycles. The maximum atomic E-state index is 13.2. The normalized spacial score (nSPS) is 14.5. The van der Waals surface area contributed by atoms with E-state index in [2.05, 4.69) is 16.8 Å². The fourth-order valence-electron chi connectivity index (χ4n) is 4.14. The molecular weight excluding hydrogens is 456 g/mol. The Bertz CT molecular complexity index is 1190. The van der Waals surface area contributed by atoms with Gasteiger partial charge in [-0.3, -0.25) is 9.20 Å². The number of benzene rings is 1. The predicted octanol–water partition coefficient (Wildman–Crippen LogP) is 5.31. The van der Waals surface area contributed by atoms with Crippen LogP contribution in [-0.4, -0.2) is 60.5 Å². The highest BCUT2D eigenvalue weighted by molar-refractivity contribution is 6.02. The van der Waals surface area contributed by atoms with Gasteiger partial charge in [-0.05, 0) is 57.5 Å².